The van der Waals surface area contributed by atoms with Gasteiger partial charge >= 0.3 is 0 Å². The van der Waals surface area contributed by atoms with Crippen LogP contribution in [0.5, 0.6) is 0 Å². The summed E-state index contributed by atoms with van der Waals surface area (Å²) < 4.78 is 26.6. The smallest absolute Gasteiger partial charge is 0.249 e. The fraction of sp³-hybridized carbons (Fsp3) is 0.368. The second-order valence-electron chi connectivity index (χ2n) is 6.29. The highest BCUT2D eigenvalue weighted by molar-refractivity contribution is 5.93. The molecule has 0 spiro atoms. The first-order chi connectivity index (χ1) is 12.0. The molecule has 25 heavy (non-hydrogen) atoms. The number of carbonyl (C=O) groups excluding carboxylic acids is 1. The van der Waals surface area contributed by atoms with E-state index in [0.717, 1.165) is 31.4 Å². The maximum absolute atomic E-state index is 13.5. The standard InChI is InChI=1S/C19H21F2N3O/c1-3-12(2)19(25)24-9-5-4-6-17(24)18-22-11-16(23-18)13-7-8-14(20)15(21)10-13/h3,7-8,10-11,17H,4-6,9H2,1-2H3,(H,22,23). The summed E-state index contributed by atoms with van der Waals surface area (Å²) in [6.07, 6.45) is 6.22. The first-order valence-electron chi connectivity index (χ1n) is 8.45. The van der Waals surface area contributed by atoms with Crippen molar-refractivity contribution < 1.29 is 13.6 Å². The predicted molar refractivity (Wildman–Crippen MR) is 91.7 cm³/mol. The average Bonchev–Trinajstić information content (AvgIpc) is 3.12. The lowest BCUT2D eigenvalue weighted by Crippen LogP contribution is -2.39. The molecule has 1 N–H and O–H groups in total. The zero-order chi connectivity index (χ0) is 18.0. The van der Waals surface area contributed by atoms with Crippen LogP contribution in [0, 0.1) is 11.6 Å². The van der Waals surface area contributed by atoms with Crippen LogP contribution in [0.3, 0.4) is 0 Å². The minimum Gasteiger partial charge on any atom is -0.340 e. The maximum atomic E-state index is 13.5. The van der Waals surface area contributed by atoms with Crippen LogP contribution in [0.2, 0.25) is 0 Å². The van der Waals surface area contributed by atoms with E-state index in [1.165, 1.54) is 6.07 Å². The van der Waals surface area contributed by atoms with Gasteiger partial charge in [0.05, 0.1) is 17.9 Å². The van der Waals surface area contributed by atoms with Gasteiger partial charge in [0, 0.05) is 17.7 Å². The Balaban J connectivity index is 1.89. The molecule has 4 nitrogen and oxygen atoms in total. The molecule has 1 unspecified atom stereocenters. The third-order valence-electron chi connectivity index (χ3n) is 4.68. The molecule has 0 aliphatic carbocycles. The van der Waals surface area contributed by atoms with Crippen LogP contribution < -0.4 is 0 Å². The number of nitrogens with one attached hydrogen (secondary N) is 1. The van der Waals surface area contributed by atoms with Gasteiger partial charge in [-0.25, -0.2) is 13.8 Å². The van der Waals surface area contributed by atoms with Crippen LogP contribution in [-0.4, -0.2) is 27.3 Å². The third-order valence-corrected chi connectivity index (χ3v) is 4.68. The zero-order valence-electron chi connectivity index (χ0n) is 14.4. The number of carbonyl (C=O) groups is 1. The molecular weight excluding hydrogens is 324 g/mol. The van der Waals surface area contributed by atoms with Crippen molar-refractivity contribution in [3.05, 3.63) is 53.5 Å². The molecule has 1 aliphatic heterocycles. The maximum Gasteiger partial charge on any atom is 0.249 e. The molecule has 0 radical (unpaired) electrons. The van der Waals surface area contributed by atoms with Crippen molar-refractivity contribution in [3.8, 4) is 11.3 Å². The second kappa shape index (κ2) is 7.17. The summed E-state index contributed by atoms with van der Waals surface area (Å²) in [5.74, 6) is -1.09. The Kier molecular flexibility index (Phi) is 4.97. The Morgan fingerprint density at radius 1 is 1.32 bits per heavy atom. The van der Waals surface area contributed by atoms with E-state index < -0.39 is 11.6 Å². The zero-order valence-corrected chi connectivity index (χ0v) is 14.4. The summed E-state index contributed by atoms with van der Waals surface area (Å²) >= 11 is 0. The average molecular weight is 345 g/mol. The van der Waals surface area contributed by atoms with E-state index in [1.807, 2.05) is 24.8 Å². The third kappa shape index (κ3) is 3.48. The first kappa shape index (κ1) is 17.3. The number of H-pyrrole nitrogens is 1. The molecule has 1 amide bonds. The van der Waals surface area contributed by atoms with Gasteiger partial charge in [-0.3, -0.25) is 4.79 Å². The van der Waals surface area contributed by atoms with Crippen molar-refractivity contribution in [2.24, 2.45) is 0 Å². The van der Waals surface area contributed by atoms with Crippen LogP contribution in [0.4, 0.5) is 8.78 Å². The van der Waals surface area contributed by atoms with Crippen LogP contribution in [0.1, 0.15) is 45.0 Å². The highest BCUT2D eigenvalue weighted by Crippen LogP contribution is 2.31. The summed E-state index contributed by atoms with van der Waals surface area (Å²) in [7, 11) is 0. The van der Waals surface area contributed by atoms with E-state index in [9.17, 15) is 13.6 Å². The van der Waals surface area contributed by atoms with E-state index in [4.69, 9.17) is 0 Å². The molecule has 1 aliphatic rings. The molecule has 3 rings (SSSR count). The highest BCUT2D eigenvalue weighted by atomic mass is 19.2. The van der Waals surface area contributed by atoms with Gasteiger partial charge in [0.1, 0.15) is 5.82 Å². The number of imidazole rings is 1. The number of aromatic amines is 1. The lowest BCUT2D eigenvalue weighted by molar-refractivity contribution is -0.131. The molecule has 6 heteroatoms. The van der Waals surface area contributed by atoms with Gasteiger partial charge < -0.3 is 9.88 Å². The minimum atomic E-state index is -0.896. The second-order valence-corrected chi connectivity index (χ2v) is 6.29. The Morgan fingerprint density at radius 2 is 2.12 bits per heavy atom. The number of aromatic nitrogens is 2. The predicted octanol–water partition coefficient (Wildman–Crippen LogP) is 4.37. The molecule has 2 aromatic rings. The fourth-order valence-corrected chi connectivity index (χ4v) is 3.13. The Morgan fingerprint density at radius 3 is 2.84 bits per heavy atom. The van der Waals surface area contributed by atoms with Crippen LogP contribution in [0.15, 0.2) is 36.0 Å². The molecule has 1 aromatic heterocycles. The number of nitrogens with zero attached hydrogens (tertiary/aromatic N) is 2. The highest BCUT2D eigenvalue weighted by Gasteiger charge is 2.30. The lowest BCUT2D eigenvalue weighted by atomic mass is 10.0. The Labute approximate surface area is 145 Å². The van der Waals surface area contributed by atoms with E-state index >= 15 is 0 Å². The van der Waals surface area contributed by atoms with Crippen molar-refractivity contribution >= 4 is 5.91 Å². The van der Waals surface area contributed by atoms with E-state index in [-0.39, 0.29) is 11.9 Å². The van der Waals surface area contributed by atoms with Crippen molar-refractivity contribution in [1.82, 2.24) is 14.9 Å². The lowest BCUT2D eigenvalue weighted by Gasteiger charge is -2.34. The van der Waals surface area contributed by atoms with Crippen LogP contribution in [0.25, 0.3) is 11.3 Å². The summed E-state index contributed by atoms with van der Waals surface area (Å²) in [6.45, 7) is 4.35. The Bertz CT molecular complexity index is 813. The number of likely N-dealkylation sites (tertiary alicyclic amines) is 1. The Hall–Kier alpha value is -2.50. The molecular formula is C19H21F2N3O. The number of piperidine rings is 1. The minimum absolute atomic E-state index is 0.0120. The first-order valence-corrected chi connectivity index (χ1v) is 8.45. The number of halogens is 2. The molecule has 1 saturated heterocycles. The normalized spacial score (nSPS) is 18.5. The van der Waals surface area contributed by atoms with E-state index in [1.54, 1.807) is 6.20 Å². The molecule has 1 fully saturated rings. The van der Waals surface area contributed by atoms with Crippen molar-refractivity contribution in [2.45, 2.75) is 39.2 Å². The molecule has 1 atom stereocenters. The van der Waals surface area contributed by atoms with Crippen LogP contribution in [-0.2, 0) is 4.79 Å². The fourth-order valence-electron chi connectivity index (χ4n) is 3.13. The number of allylic oxidation sites excluding steroid dienone is 1. The summed E-state index contributed by atoms with van der Waals surface area (Å²) in [5.41, 5.74) is 1.84. The molecule has 2 heterocycles. The number of hydrogen-bond acceptors (Lipinski definition) is 2. The number of rotatable bonds is 3. The van der Waals surface area contributed by atoms with E-state index in [0.29, 0.717) is 29.2 Å². The SMILES string of the molecule is CC=C(C)C(=O)N1CCCCC1c1ncc(-c2ccc(F)c(F)c2)[nH]1. The monoisotopic (exact) mass is 345 g/mol. The van der Waals surface area contributed by atoms with Gasteiger partial charge in [-0.05, 0) is 51.3 Å². The van der Waals surface area contributed by atoms with Gasteiger partial charge in [-0.15, -0.1) is 0 Å². The van der Waals surface area contributed by atoms with Crippen molar-refractivity contribution in [2.75, 3.05) is 6.54 Å². The van der Waals surface area contributed by atoms with Gasteiger partial charge in [0.2, 0.25) is 5.91 Å². The van der Waals surface area contributed by atoms with Crippen LogP contribution >= 0.6 is 0 Å². The number of benzene rings is 1. The summed E-state index contributed by atoms with van der Waals surface area (Å²) in [6, 6.07) is 3.61. The van der Waals surface area contributed by atoms with Crippen molar-refractivity contribution in [3.63, 3.8) is 0 Å². The van der Waals surface area contributed by atoms with Gasteiger partial charge in [0.25, 0.3) is 0 Å². The molecule has 0 saturated carbocycles. The summed E-state index contributed by atoms with van der Waals surface area (Å²) in [4.78, 5) is 22.0. The van der Waals surface area contributed by atoms with E-state index in [2.05, 4.69) is 9.97 Å². The molecule has 0 bridgehead atoms. The summed E-state index contributed by atoms with van der Waals surface area (Å²) in [5, 5.41) is 0. The topological polar surface area (TPSA) is 49.0 Å². The largest absolute Gasteiger partial charge is 0.340 e. The quantitative estimate of drug-likeness (QED) is 0.840. The van der Waals surface area contributed by atoms with Crippen molar-refractivity contribution in [1.29, 1.82) is 0 Å². The number of hydrogen-bond donors (Lipinski definition) is 1. The van der Waals surface area contributed by atoms with Gasteiger partial charge in [-0.2, -0.15) is 0 Å². The van der Waals surface area contributed by atoms with Gasteiger partial charge in [-0.1, -0.05) is 6.08 Å². The van der Waals surface area contributed by atoms with Gasteiger partial charge in [0.15, 0.2) is 11.6 Å². The molecule has 1 aromatic carbocycles. The molecule has 132 valence electrons. The number of amides is 1.